The topological polar surface area (TPSA) is 17.8 Å². The zero-order valence-corrected chi connectivity index (χ0v) is 37.7. The zero-order valence-electron chi connectivity index (χ0n) is 37.7. The molecule has 0 aliphatic carbocycles. The molecule has 9 aromatic rings. The van der Waals surface area contributed by atoms with Crippen molar-refractivity contribution in [2.75, 3.05) is 0 Å². The second-order valence-corrected chi connectivity index (χ2v) is 17.5. The fourth-order valence-electron chi connectivity index (χ4n) is 10.3. The third kappa shape index (κ3) is 5.93. The highest BCUT2D eigenvalue weighted by molar-refractivity contribution is 6.72. The van der Waals surface area contributed by atoms with Crippen LogP contribution in [-0.2, 0) is 0 Å². The molecule has 0 fully saturated rings. The van der Waals surface area contributed by atoms with E-state index in [-0.39, 0.29) is 0 Å². The van der Waals surface area contributed by atoms with Crippen LogP contribution in [0.1, 0.15) is 0 Å². The number of nitrogens with zero attached hydrogens (tertiary/aromatic N) is 2. The van der Waals surface area contributed by atoms with E-state index in [2.05, 4.69) is 210 Å². The normalized spacial score (nSPS) is 11.5. The number of benzene rings is 8. The first-order chi connectivity index (χ1) is 28.7. The standard InChI is InChI=1S/C45H43B13N2/c46-32-27(33(47)39(53)44(58)38(32)52)20-12-10-18(11-13-20)25-28-30(36(50)42(56)40(54)34(28)48)26(31-29(25)35(49)41(55)43(57)37(31)51)19-14-16-21(17-15-19)45-59-23-8-4-5-9-24(23)60(45)22-6-2-1-3-7-22/h1-17H,46-58H2. The maximum Gasteiger partial charge on any atom is 0.145 e. The Bertz CT molecular complexity index is 3160. The molecule has 0 aliphatic heterocycles. The van der Waals surface area contributed by atoms with Gasteiger partial charge in [0.15, 0.2) is 0 Å². The Morgan fingerprint density at radius 1 is 0.300 bits per heavy atom. The van der Waals surface area contributed by atoms with Gasteiger partial charge in [0.1, 0.15) is 108 Å². The molecule has 1 aromatic heterocycles. The number of para-hydroxylation sites is 3. The maximum absolute atomic E-state index is 5.21. The van der Waals surface area contributed by atoms with Crippen molar-refractivity contribution in [3.8, 4) is 50.5 Å². The lowest BCUT2D eigenvalue weighted by Crippen LogP contribution is -2.55. The van der Waals surface area contributed by atoms with Gasteiger partial charge in [0, 0.05) is 11.3 Å². The molecule has 0 N–H and O–H groups in total. The molecule has 0 aliphatic rings. The van der Waals surface area contributed by atoms with Crippen LogP contribution in [0.3, 0.4) is 0 Å². The molecule has 1 heterocycles. The summed E-state index contributed by atoms with van der Waals surface area (Å²) in [5.74, 6) is 0.945. The van der Waals surface area contributed by atoms with Gasteiger partial charge in [0.2, 0.25) is 0 Å². The minimum atomic E-state index is 0.945. The summed E-state index contributed by atoms with van der Waals surface area (Å²) in [5.41, 5.74) is 29.9. The summed E-state index contributed by atoms with van der Waals surface area (Å²) in [6.45, 7) is 0. The van der Waals surface area contributed by atoms with Crippen LogP contribution in [0.2, 0.25) is 0 Å². The number of aromatic nitrogens is 2. The SMILES string of the molecule is Bc1c(B)c(B)c(-c2ccc(-c3c4c(B)c(B)c(B)c(B)c4c(-c4ccc(-c5nc6ccccc6n5-c5ccccc5)cc4)c4c(B)c(B)c(B)c(B)c34)cc2)c(B)c1B. The van der Waals surface area contributed by atoms with E-state index in [1.807, 2.05) is 0 Å². The Morgan fingerprint density at radius 3 is 1.07 bits per heavy atom. The molecule has 272 valence electrons. The van der Waals surface area contributed by atoms with Gasteiger partial charge in [-0.05, 0) is 79.2 Å². The molecule has 0 saturated heterocycles. The molecule has 15 heteroatoms. The first-order valence-corrected chi connectivity index (χ1v) is 21.5. The molecule has 0 amide bonds. The van der Waals surface area contributed by atoms with Crippen molar-refractivity contribution in [2.45, 2.75) is 0 Å². The molecule has 60 heavy (non-hydrogen) atoms. The van der Waals surface area contributed by atoms with Crippen LogP contribution in [0.15, 0.2) is 103 Å². The van der Waals surface area contributed by atoms with Crippen molar-refractivity contribution in [1.82, 2.24) is 9.55 Å². The third-order valence-corrected chi connectivity index (χ3v) is 14.8. The zero-order chi connectivity index (χ0) is 42.5. The smallest absolute Gasteiger partial charge is 0.145 e. The molecule has 0 saturated carbocycles. The number of rotatable bonds is 5. The van der Waals surface area contributed by atoms with Gasteiger partial charge in [-0.2, -0.15) is 0 Å². The summed E-state index contributed by atoms with van der Waals surface area (Å²) in [7, 11) is 30.0. The maximum atomic E-state index is 5.21. The summed E-state index contributed by atoms with van der Waals surface area (Å²) in [5, 5.41) is 5.43. The molecular formula is C45H43B13N2. The van der Waals surface area contributed by atoms with Crippen LogP contribution in [-0.4, -0.2) is 112 Å². The van der Waals surface area contributed by atoms with Gasteiger partial charge in [0.05, 0.1) is 11.0 Å². The van der Waals surface area contributed by atoms with Gasteiger partial charge in [-0.3, -0.25) is 4.57 Å². The summed E-state index contributed by atoms with van der Waals surface area (Å²) in [6, 6.07) is 37.8. The first kappa shape index (κ1) is 40.0. The monoisotopic (exact) mass is 754 g/mol. The molecule has 0 unspecified atom stereocenters. The van der Waals surface area contributed by atoms with Crippen LogP contribution < -0.4 is 71.0 Å². The lowest BCUT2D eigenvalue weighted by atomic mass is 9.59. The van der Waals surface area contributed by atoms with Gasteiger partial charge >= 0.3 is 0 Å². The lowest BCUT2D eigenvalue weighted by molar-refractivity contribution is 1.10. The van der Waals surface area contributed by atoms with Crippen molar-refractivity contribution >= 4 is 206 Å². The number of hydrogen-bond donors (Lipinski definition) is 0. The Kier molecular flexibility index (Phi) is 9.97. The lowest BCUT2D eigenvalue weighted by Gasteiger charge is -2.28. The van der Waals surface area contributed by atoms with Crippen LogP contribution in [0.4, 0.5) is 0 Å². The summed E-state index contributed by atoms with van der Waals surface area (Å²) in [4.78, 5) is 5.21. The van der Waals surface area contributed by atoms with E-state index < -0.39 is 0 Å². The first-order valence-electron chi connectivity index (χ1n) is 21.5. The highest BCUT2D eigenvalue weighted by atomic mass is 15.1. The Labute approximate surface area is 366 Å². The van der Waals surface area contributed by atoms with E-state index in [0.29, 0.717) is 0 Å². The van der Waals surface area contributed by atoms with Gasteiger partial charge in [0.25, 0.3) is 0 Å². The summed E-state index contributed by atoms with van der Waals surface area (Å²) < 4.78 is 2.29. The minimum absolute atomic E-state index is 0.945. The van der Waals surface area contributed by atoms with Crippen molar-refractivity contribution in [3.63, 3.8) is 0 Å². The average molecular weight is 752 g/mol. The Balaban J connectivity index is 1.34. The van der Waals surface area contributed by atoms with Crippen molar-refractivity contribution in [2.24, 2.45) is 0 Å². The third-order valence-electron chi connectivity index (χ3n) is 14.8. The van der Waals surface area contributed by atoms with Gasteiger partial charge in [-0.1, -0.05) is 112 Å². The predicted octanol–water partition coefficient (Wildman–Crippen LogP) is -10.6. The molecular weight excluding hydrogens is 709 g/mol. The van der Waals surface area contributed by atoms with Gasteiger partial charge in [-0.25, -0.2) is 4.98 Å². The van der Waals surface area contributed by atoms with Crippen LogP contribution in [0.5, 0.6) is 0 Å². The summed E-state index contributed by atoms with van der Waals surface area (Å²) in [6.07, 6.45) is 0. The molecule has 0 spiro atoms. The number of imidazole rings is 1. The second-order valence-electron chi connectivity index (χ2n) is 17.5. The van der Waals surface area contributed by atoms with E-state index in [1.54, 1.807) is 0 Å². The van der Waals surface area contributed by atoms with E-state index in [4.69, 9.17) is 4.98 Å². The Morgan fingerprint density at radius 2 is 0.633 bits per heavy atom. The molecule has 0 atom stereocenters. The summed E-state index contributed by atoms with van der Waals surface area (Å²) >= 11 is 0. The van der Waals surface area contributed by atoms with Gasteiger partial charge < -0.3 is 0 Å². The quantitative estimate of drug-likeness (QED) is 0.126. The van der Waals surface area contributed by atoms with Crippen molar-refractivity contribution in [1.29, 1.82) is 0 Å². The number of fused-ring (bicyclic) bond motifs is 3. The van der Waals surface area contributed by atoms with Crippen molar-refractivity contribution in [3.05, 3.63) is 103 Å². The molecule has 8 aromatic carbocycles. The van der Waals surface area contributed by atoms with Gasteiger partial charge in [-0.15, -0.1) is 38.2 Å². The molecule has 0 bridgehead atoms. The van der Waals surface area contributed by atoms with Crippen molar-refractivity contribution < 1.29 is 0 Å². The van der Waals surface area contributed by atoms with E-state index >= 15 is 0 Å². The van der Waals surface area contributed by atoms with E-state index in [1.165, 1.54) is 126 Å². The molecule has 0 radical (unpaired) electrons. The largest absolute Gasteiger partial charge is 0.292 e. The second kappa shape index (κ2) is 14.9. The molecule has 2 nitrogen and oxygen atoms in total. The minimum Gasteiger partial charge on any atom is -0.292 e. The van der Waals surface area contributed by atoms with E-state index in [0.717, 1.165) is 28.1 Å². The number of hydrogen-bond acceptors (Lipinski definition) is 1. The fraction of sp³-hybridized carbons (Fsp3) is 0. The Hall–Kier alpha value is -5.41. The predicted molar refractivity (Wildman–Crippen MR) is 304 cm³/mol. The van der Waals surface area contributed by atoms with Crippen LogP contribution in [0.25, 0.3) is 83.0 Å². The van der Waals surface area contributed by atoms with E-state index in [9.17, 15) is 0 Å². The highest BCUT2D eigenvalue weighted by Crippen LogP contribution is 2.41. The molecule has 9 rings (SSSR count). The fourth-order valence-corrected chi connectivity index (χ4v) is 10.3. The average Bonchev–Trinajstić information content (AvgIpc) is 3.67. The van der Waals surface area contributed by atoms with Crippen LogP contribution in [0, 0.1) is 0 Å². The van der Waals surface area contributed by atoms with Crippen LogP contribution >= 0.6 is 0 Å². The highest BCUT2D eigenvalue weighted by Gasteiger charge is 2.26.